The Balaban J connectivity index is 1.45. The molecule has 0 aromatic heterocycles. The fourth-order valence-electron chi connectivity index (χ4n) is 7.36. The number of nitriles is 1. The number of methoxy groups -OCH3 is 2. The lowest BCUT2D eigenvalue weighted by Crippen LogP contribution is -2.53. The minimum absolute atomic E-state index is 0.0423. The van der Waals surface area contributed by atoms with E-state index in [0.717, 1.165) is 16.7 Å². The Hall–Kier alpha value is -5.14. The fourth-order valence-corrected chi connectivity index (χ4v) is 9.13. The molecule has 0 spiro atoms. The molecule has 61 heavy (non-hydrogen) atoms. The number of amides is 2. The molecule has 1 N–H and O–H groups in total. The Kier molecular flexibility index (Phi) is 15.0. The Labute approximate surface area is 357 Å². The maximum absolute atomic E-state index is 17.6. The standard InChI is InChI=1S/C44H53FN7O8P/c1-27(2)40(53)49-43-48-39-37(41(54)50-43)47-26-51(39)42-36(45)38(60-61(58-24-12-23-46)52(28(3)4)29(5)6)35(59-42)25-57-44(30-13-10-9-11-14-30,31-15-19-33(55-7)20-16-31)32-17-21-34(56-8)22-18-32/h9-11,13-22,26-29,35-38,42H,12,24-25H2,1-8H3,(H,49,50,53,54)/t35-,36-,37?,38-,42-,61?/m1/s1. The van der Waals surface area contributed by atoms with E-state index in [4.69, 9.17) is 28.0 Å². The molecule has 0 aliphatic carbocycles. The number of rotatable bonds is 18. The molecule has 2 unspecified atom stereocenters. The summed E-state index contributed by atoms with van der Waals surface area (Å²) in [6.07, 6.45) is -4.29. The van der Waals surface area contributed by atoms with Crippen molar-refractivity contribution in [2.45, 2.75) is 96.3 Å². The third-order valence-corrected chi connectivity index (χ3v) is 12.4. The van der Waals surface area contributed by atoms with Crippen molar-refractivity contribution in [2.24, 2.45) is 20.9 Å². The number of nitrogens with one attached hydrogen (secondary N) is 1. The number of carbonyl (C=O) groups is 2. The first-order valence-electron chi connectivity index (χ1n) is 20.2. The number of alkyl halides is 1. The second-order valence-electron chi connectivity index (χ2n) is 15.4. The molecule has 3 aliphatic rings. The lowest BCUT2D eigenvalue weighted by Gasteiger charge is -2.39. The zero-order chi connectivity index (χ0) is 43.8. The van der Waals surface area contributed by atoms with Gasteiger partial charge in [-0.15, -0.1) is 0 Å². The van der Waals surface area contributed by atoms with Gasteiger partial charge >= 0.3 is 0 Å². The summed E-state index contributed by atoms with van der Waals surface area (Å²) in [6, 6.07) is 25.5. The summed E-state index contributed by atoms with van der Waals surface area (Å²) in [5, 5.41) is 11.9. The highest BCUT2D eigenvalue weighted by atomic mass is 31.2. The molecule has 324 valence electrons. The molecule has 0 bridgehead atoms. The molecule has 1 saturated heterocycles. The summed E-state index contributed by atoms with van der Waals surface area (Å²) in [5.74, 6) is -0.413. The first-order valence-corrected chi connectivity index (χ1v) is 21.3. The zero-order valence-electron chi connectivity index (χ0n) is 35.6. The average molecular weight is 858 g/mol. The van der Waals surface area contributed by atoms with Crippen molar-refractivity contribution in [1.82, 2.24) is 14.9 Å². The first kappa shape index (κ1) is 45.4. The minimum atomic E-state index is -1.96. The second-order valence-corrected chi connectivity index (χ2v) is 16.8. The third-order valence-electron chi connectivity index (χ3n) is 10.3. The molecule has 0 radical (unpaired) electrons. The van der Waals surface area contributed by atoms with E-state index in [1.54, 1.807) is 28.1 Å². The molecule has 17 heteroatoms. The number of nitrogens with zero attached hydrogens (tertiary/aromatic N) is 6. The molecule has 6 atom stereocenters. The van der Waals surface area contributed by atoms with Crippen LogP contribution in [0.15, 0.2) is 93.8 Å². The van der Waals surface area contributed by atoms with Gasteiger partial charge in [-0.2, -0.15) is 15.2 Å². The van der Waals surface area contributed by atoms with Crippen LogP contribution in [0.4, 0.5) is 4.39 Å². The molecular weight excluding hydrogens is 804 g/mol. The van der Waals surface area contributed by atoms with Crippen LogP contribution in [0.1, 0.15) is 64.7 Å². The van der Waals surface area contributed by atoms with Gasteiger partial charge in [0.2, 0.25) is 5.96 Å². The van der Waals surface area contributed by atoms with Crippen LogP contribution in [-0.4, -0.2) is 110 Å². The average Bonchev–Trinajstić information content (AvgIpc) is 3.81. The highest BCUT2D eigenvalue weighted by Crippen LogP contribution is 2.51. The Bertz CT molecular complexity index is 2060. The number of hydrogen-bond acceptors (Lipinski definition) is 12. The molecular formula is C44H53FN7O8P. The van der Waals surface area contributed by atoms with Crippen molar-refractivity contribution in [3.63, 3.8) is 0 Å². The van der Waals surface area contributed by atoms with E-state index in [1.807, 2.05) is 111 Å². The van der Waals surface area contributed by atoms with Gasteiger partial charge in [0.05, 0.1) is 46.3 Å². The second kappa shape index (κ2) is 20.2. The molecule has 3 aromatic carbocycles. The molecule has 0 saturated carbocycles. The highest BCUT2D eigenvalue weighted by molar-refractivity contribution is 7.44. The van der Waals surface area contributed by atoms with Gasteiger partial charge in [0.15, 0.2) is 24.3 Å². The lowest BCUT2D eigenvalue weighted by atomic mass is 9.80. The van der Waals surface area contributed by atoms with Gasteiger partial charge < -0.3 is 28.0 Å². The molecule has 1 fully saturated rings. The summed E-state index contributed by atoms with van der Waals surface area (Å²) < 4.78 is 57.5. The normalized spacial score (nSPS) is 22.5. The number of ether oxygens (including phenoxy) is 4. The molecule has 6 rings (SSSR count). The Morgan fingerprint density at radius 3 is 2.10 bits per heavy atom. The van der Waals surface area contributed by atoms with Crippen LogP contribution in [0.25, 0.3) is 0 Å². The van der Waals surface area contributed by atoms with Crippen LogP contribution in [0.2, 0.25) is 0 Å². The van der Waals surface area contributed by atoms with Crippen LogP contribution >= 0.6 is 8.53 Å². The lowest BCUT2D eigenvalue weighted by molar-refractivity contribution is -0.120. The van der Waals surface area contributed by atoms with E-state index < -0.39 is 62.5 Å². The van der Waals surface area contributed by atoms with Gasteiger partial charge in [-0.05, 0) is 68.7 Å². The number of benzene rings is 3. The number of hydrogen-bond donors (Lipinski definition) is 1. The topological polar surface area (TPSA) is 169 Å². The summed E-state index contributed by atoms with van der Waals surface area (Å²) in [7, 11) is 1.23. The number of aliphatic imine (C=N–C) groups is 3. The molecule has 3 aliphatic heterocycles. The van der Waals surface area contributed by atoms with Crippen molar-refractivity contribution in [3.8, 4) is 17.6 Å². The van der Waals surface area contributed by atoms with Gasteiger partial charge in [0.25, 0.3) is 20.3 Å². The maximum atomic E-state index is 17.6. The summed E-state index contributed by atoms with van der Waals surface area (Å²) in [5.41, 5.74) is 0.998. The minimum Gasteiger partial charge on any atom is -0.497 e. The predicted octanol–water partition coefficient (Wildman–Crippen LogP) is 6.52. The van der Waals surface area contributed by atoms with E-state index in [9.17, 15) is 14.9 Å². The van der Waals surface area contributed by atoms with Crippen molar-refractivity contribution in [1.29, 1.82) is 5.26 Å². The number of amidine groups is 1. The van der Waals surface area contributed by atoms with Crippen LogP contribution in [0, 0.1) is 17.2 Å². The Morgan fingerprint density at radius 2 is 1.56 bits per heavy atom. The van der Waals surface area contributed by atoms with E-state index in [1.165, 1.54) is 11.2 Å². The first-order chi connectivity index (χ1) is 29.3. The number of guanidine groups is 1. The van der Waals surface area contributed by atoms with Crippen LogP contribution < -0.4 is 14.8 Å². The maximum Gasteiger partial charge on any atom is 0.259 e. The van der Waals surface area contributed by atoms with Crippen LogP contribution in [-0.2, 0) is 33.7 Å². The quantitative estimate of drug-likeness (QED) is 0.0841. The van der Waals surface area contributed by atoms with Gasteiger partial charge in [0.1, 0.15) is 29.3 Å². The molecule has 3 aromatic rings. The summed E-state index contributed by atoms with van der Waals surface area (Å²) in [4.78, 5) is 39.9. The van der Waals surface area contributed by atoms with E-state index in [-0.39, 0.29) is 43.5 Å². The fraction of sp³-hybridized carbons (Fsp3) is 0.455. The van der Waals surface area contributed by atoms with Crippen molar-refractivity contribution in [3.05, 3.63) is 95.6 Å². The number of fused-ring (bicyclic) bond motifs is 1. The van der Waals surface area contributed by atoms with E-state index >= 15 is 4.39 Å². The van der Waals surface area contributed by atoms with Gasteiger partial charge in [-0.25, -0.2) is 9.06 Å². The molecule has 3 heterocycles. The molecule has 2 amide bonds. The van der Waals surface area contributed by atoms with Gasteiger partial charge in [0, 0.05) is 18.0 Å². The third kappa shape index (κ3) is 9.83. The zero-order valence-corrected chi connectivity index (χ0v) is 36.5. The largest absolute Gasteiger partial charge is 0.497 e. The smallest absolute Gasteiger partial charge is 0.259 e. The SMILES string of the molecule is COc1ccc(C(OC[C@H]2O[C@@H](N3C=NC4C(=O)NC(=NC(=O)C(C)C)N=C43)[C@H](F)[C@@H]2OP(OCCC#N)N(C(C)C)C(C)C)(c2ccccc2)c2ccc(OC)cc2)cc1. The van der Waals surface area contributed by atoms with E-state index in [0.29, 0.717) is 11.5 Å². The van der Waals surface area contributed by atoms with Crippen LogP contribution in [0.5, 0.6) is 11.5 Å². The summed E-state index contributed by atoms with van der Waals surface area (Å²) in [6.45, 7) is 11.1. The van der Waals surface area contributed by atoms with Crippen molar-refractivity contribution in [2.75, 3.05) is 27.4 Å². The number of halogens is 1. The van der Waals surface area contributed by atoms with Crippen molar-refractivity contribution < 1.29 is 42.0 Å². The monoisotopic (exact) mass is 857 g/mol. The predicted molar refractivity (Wildman–Crippen MR) is 229 cm³/mol. The molecule has 15 nitrogen and oxygen atoms in total. The van der Waals surface area contributed by atoms with Crippen molar-refractivity contribution >= 4 is 38.5 Å². The number of carbonyl (C=O) groups excluding carboxylic acids is 2. The van der Waals surface area contributed by atoms with E-state index in [2.05, 4.69) is 26.4 Å². The van der Waals surface area contributed by atoms with Gasteiger partial charge in [-0.3, -0.25) is 24.8 Å². The Morgan fingerprint density at radius 1 is 0.967 bits per heavy atom. The summed E-state index contributed by atoms with van der Waals surface area (Å²) >= 11 is 0. The highest BCUT2D eigenvalue weighted by Gasteiger charge is 2.54. The van der Waals surface area contributed by atoms with Gasteiger partial charge in [-0.1, -0.05) is 68.4 Å². The van der Waals surface area contributed by atoms with Crippen LogP contribution in [0.3, 0.4) is 0 Å².